The summed E-state index contributed by atoms with van der Waals surface area (Å²) in [6.07, 6.45) is 2.86. The van der Waals surface area contributed by atoms with Crippen molar-refractivity contribution in [2.75, 3.05) is 26.2 Å². The zero-order valence-electron chi connectivity index (χ0n) is 14.2. The molecule has 4 aliphatic rings. The van der Waals surface area contributed by atoms with Crippen molar-refractivity contribution < 1.29 is 4.74 Å². The lowest BCUT2D eigenvalue weighted by Crippen LogP contribution is -2.27. The van der Waals surface area contributed by atoms with Crippen LogP contribution in [0.1, 0.15) is 32.3 Å². The Morgan fingerprint density at radius 3 is 2.26 bits per heavy atom. The first-order chi connectivity index (χ1) is 10.8. The highest BCUT2D eigenvalue weighted by Gasteiger charge is 2.66. The Kier molecular flexibility index (Phi) is 5.03. The Morgan fingerprint density at radius 1 is 1.09 bits per heavy atom. The van der Waals surface area contributed by atoms with Gasteiger partial charge >= 0.3 is 0 Å². The van der Waals surface area contributed by atoms with E-state index in [0.717, 1.165) is 49.9 Å². The van der Waals surface area contributed by atoms with E-state index in [1.807, 2.05) is 0 Å². The molecule has 0 saturated heterocycles. The molecule has 5 rings (SSSR count). The van der Waals surface area contributed by atoms with Crippen molar-refractivity contribution in [1.82, 2.24) is 4.90 Å². The van der Waals surface area contributed by atoms with Crippen LogP contribution in [-0.4, -0.2) is 31.1 Å². The van der Waals surface area contributed by atoms with Crippen LogP contribution in [-0.2, 0) is 4.74 Å². The molecular formula is C20H28ClNO. The van der Waals surface area contributed by atoms with Gasteiger partial charge in [-0.15, -0.1) is 12.4 Å². The summed E-state index contributed by atoms with van der Waals surface area (Å²) in [5.41, 5.74) is 2.95. The molecule has 0 N–H and O–H groups in total. The third kappa shape index (κ3) is 2.92. The summed E-state index contributed by atoms with van der Waals surface area (Å²) < 4.78 is 6.38. The topological polar surface area (TPSA) is 12.5 Å². The summed E-state index contributed by atoms with van der Waals surface area (Å²) in [5, 5.41) is 0. The monoisotopic (exact) mass is 333 g/mol. The Balaban J connectivity index is 0.00000156. The maximum absolute atomic E-state index is 6.38. The quantitative estimate of drug-likeness (QED) is 0.683. The molecule has 4 fully saturated rings. The molecule has 0 spiro atoms. The fourth-order valence-corrected chi connectivity index (χ4v) is 4.90. The van der Waals surface area contributed by atoms with Crippen molar-refractivity contribution in [2.24, 2.45) is 23.7 Å². The van der Waals surface area contributed by atoms with Gasteiger partial charge in [-0.25, -0.2) is 0 Å². The Bertz CT molecular complexity index is 550. The number of nitrogens with zero attached hydrogens (tertiary/aromatic N) is 1. The molecule has 3 heteroatoms. The third-order valence-corrected chi connectivity index (χ3v) is 6.09. The van der Waals surface area contributed by atoms with Crippen molar-refractivity contribution in [1.29, 1.82) is 0 Å². The summed E-state index contributed by atoms with van der Waals surface area (Å²) in [4.78, 5) is 2.43. The van der Waals surface area contributed by atoms with E-state index in [1.165, 1.54) is 24.2 Å². The molecule has 4 saturated carbocycles. The van der Waals surface area contributed by atoms with Crippen molar-refractivity contribution in [2.45, 2.75) is 26.7 Å². The fraction of sp³-hybridized carbons (Fsp3) is 0.600. The summed E-state index contributed by atoms with van der Waals surface area (Å²) in [5.74, 6) is 4.93. The van der Waals surface area contributed by atoms with Gasteiger partial charge < -0.3 is 9.64 Å². The lowest BCUT2D eigenvalue weighted by molar-refractivity contribution is 0.200. The smallest absolute Gasteiger partial charge is 0.126 e. The first kappa shape index (κ1) is 16.9. The molecule has 2 unspecified atom stereocenters. The van der Waals surface area contributed by atoms with E-state index in [0.29, 0.717) is 0 Å². The molecule has 2 nitrogen and oxygen atoms in total. The molecule has 126 valence electrons. The zero-order chi connectivity index (χ0) is 15.1. The van der Waals surface area contributed by atoms with E-state index >= 15 is 0 Å². The van der Waals surface area contributed by atoms with Crippen molar-refractivity contribution in [3.63, 3.8) is 0 Å². The van der Waals surface area contributed by atoms with Gasteiger partial charge in [0, 0.05) is 12.1 Å². The van der Waals surface area contributed by atoms with Gasteiger partial charge in [-0.3, -0.25) is 0 Å². The van der Waals surface area contributed by atoms with Crippen LogP contribution in [0.3, 0.4) is 0 Å². The molecular weight excluding hydrogens is 306 g/mol. The molecule has 2 atom stereocenters. The lowest BCUT2D eigenvalue weighted by Gasteiger charge is -2.21. The lowest BCUT2D eigenvalue weighted by atomic mass is 10.0. The molecule has 0 amide bonds. The maximum atomic E-state index is 6.38. The van der Waals surface area contributed by atoms with Crippen LogP contribution in [0.5, 0.6) is 0 Å². The Hall–Kier alpha value is -0.990. The average molecular weight is 334 g/mol. The molecule has 4 aliphatic carbocycles. The highest BCUT2D eigenvalue weighted by Crippen LogP contribution is 2.74. The molecule has 1 aromatic carbocycles. The van der Waals surface area contributed by atoms with Crippen LogP contribution in [0.4, 0.5) is 0 Å². The summed E-state index contributed by atoms with van der Waals surface area (Å²) in [6.45, 7) is 8.49. The number of hydrogen-bond donors (Lipinski definition) is 0. The maximum Gasteiger partial charge on any atom is 0.126 e. The van der Waals surface area contributed by atoms with Crippen molar-refractivity contribution >= 4 is 18.2 Å². The first-order valence-electron chi connectivity index (χ1n) is 8.98. The molecule has 0 aliphatic heterocycles. The van der Waals surface area contributed by atoms with Crippen LogP contribution < -0.4 is 0 Å². The van der Waals surface area contributed by atoms with Crippen LogP contribution in [0.15, 0.2) is 35.9 Å². The third-order valence-electron chi connectivity index (χ3n) is 6.09. The molecule has 4 bridgehead atoms. The SMILES string of the molecule is CCN(CC)CCOC(=C1C2CC3C(C2)C13)c1ccccc1.Cl. The van der Waals surface area contributed by atoms with Crippen molar-refractivity contribution in [3.05, 3.63) is 41.5 Å². The largest absolute Gasteiger partial charge is 0.492 e. The minimum absolute atomic E-state index is 0. The highest BCUT2D eigenvalue weighted by molar-refractivity contribution is 5.85. The van der Waals surface area contributed by atoms with Gasteiger partial charge in [0.15, 0.2) is 0 Å². The van der Waals surface area contributed by atoms with Gasteiger partial charge in [0.25, 0.3) is 0 Å². The standard InChI is InChI=1S/C20H27NO.ClH/c1-3-21(4-2)10-11-22-20(14-8-6-5-7-9-14)18-15-12-16-17(13-15)19(16)18;/h5-9,15-17,19H,3-4,10-13H2,1-2H3;1H. The van der Waals surface area contributed by atoms with E-state index < -0.39 is 0 Å². The predicted octanol–water partition coefficient (Wildman–Crippen LogP) is 4.46. The number of rotatable bonds is 7. The molecule has 23 heavy (non-hydrogen) atoms. The number of hydrogen-bond acceptors (Lipinski definition) is 2. The minimum Gasteiger partial charge on any atom is -0.492 e. The Labute approximate surface area is 146 Å². The average Bonchev–Trinajstić information content (AvgIpc) is 2.93. The number of ether oxygens (including phenoxy) is 1. The van der Waals surface area contributed by atoms with E-state index in [2.05, 4.69) is 49.1 Å². The van der Waals surface area contributed by atoms with Crippen LogP contribution in [0.25, 0.3) is 5.76 Å². The minimum atomic E-state index is 0. The van der Waals surface area contributed by atoms with Gasteiger partial charge in [-0.1, -0.05) is 44.2 Å². The number of allylic oxidation sites excluding steroid dienone is 1. The molecule has 0 aromatic heterocycles. The molecule has 1 aromatic rings. The second-order valence-corrected chi connectivity index (χ2v) is 7.05. The molecule has 0 heterocycles. The predicted molar refractivity (Wildman–Crippen MR) is 97.5 cm³/mol. The van der Waals surface area contributed by atoms with E-state index in [-0.39, 0.29) is 12.4 Å². The fourth-order valence-electron chi connectivity index (χ4n) is 4.90. The second-order valence-electron chi connectivity index (χ2n) is 7.05. The van der Waals surface area contributed by atoms with Crippen molar-refractivity contribution in [3.8, 4) is 0 Å². The number of halogens is 1. The van der Waals surface area contributed by atoms with Crippen LogP contribution in [0.2, 0.25) is 0 Å². The van der Waals surface area contributed by atoms with Crippen LogP contribution >= 0.6 is 12.4 Å². The van der Waals surface area contributed by atoms with E-state index in [4.69, 9.17) is 4.74 Å². The normalized spacial score (nSPS) is 32.0. The summed E-state index contributed by atoms with van der Waals surface area (Å²) >= 11 is 0. The van der Waals surface area contributed by atoms with E-state index in [9.17, 15) is 0 Å². The van der Waals surface area contributed by atoms with Gasteiger partial charge in [0.1, 0.15) is 12.4 Å². The van der Waals surface area contributed by atoms with Gasteiger partial charge in [-0.2, -0.15) is 0 Å². The van der Waals surface area contributed by atoms with Gasteiger partial charge in [-0.05, 0) is 55.2 Å². The highest BCUT2D eigenvalue weighted by atomic mass is 35.5. The number of benzene rings is 1. The van der Waals surface area contributed by atoms with Gasteiger partial charge in [0.2, 0.25) is 0 Å². The molecule has 0 radical (unpaired) electrons. The Morgan fingerprint density at radius 2 is 1.74 bits per heavy atom. The second kappa shape index (κ2) is 6.86. The van der Waals surface area contributed by atoms with Crippen LogP contribution in [0, 0.1) is 23.7 Å². The van der Waals surface area contributed by atoms with Gasteiger partial charge in [0.05, 0.1) is 0 Å². The summed E-state index contributed by atoms with van der Waals surface area (Å²) in [7, 11) is 0. The first-order valence-corrected chi connectivity index (χ1v) is 8.98. The van der Waals surface area contributed by atoms with E-state index in [1.54, 1.807) is 5.57 Å². The zero-order valence-corrected chi connectivity index (χ0v) is 15.0. The summed E-state index contributed by atoms with van der Waals surface area (Å²) in [6, 6.07) is 10.8. The number of likely N-dealkylation sites (N-methyl/N-ethyl adjacent to an activating group) is 1.